The molecule has 1 aromatic heterocycles. The average molecular weight is 228 g/mol. The van der Waals surface area contributed by atoms with Gasteiger partial charge in [0.2, 0.25) is 0 Å². The largest absolute Gasteiger partial charge is 0.376 e. The van der Waals surface area contributed by atoms with Crippen LogP contribution in [-0.2, 0) is 4.74 Å². The first-order valence-electron chi connectivity index (χ1n) is 5.06. The van der Waals surface area contributed by atoms with Crippen LogP contribution in [0.1, 0.15) is 12.8 Å². The molecule has 0 spiro atoms. The van der Waals surface area contributed by atoms with Gasteiger partial charge in [-0.1, -0.05) is 11.6 Å². The molecule has 1 aliphatic heterocycles. The normalized spacial score (nSPS) is 20.5. The minimum atomic E-state index is 0.316. The lowest BCUT2D eigenvalue weighted by Gasteiger charge is -2.21. The van der Waals surface area contributed by atoms with Crippen molar-refractivity contribution < 1.29 is 4.74 Å². The van der Waals surface area contributed by atoms with Gasteiger partial charge in [-0.15, -0.1) is 0 Å². The summed E-state index contributed by atoms with van der Waals surface area (Å²) in [5, 5.41) is 0.423. The summed E-state index contributed by atoms with van der Waals surface area (Å²) in [7, 11) is 1.97. The van der Waals surface area contributed by atoms with Gasteiger partial charge in [0.15, 0.2) is 0 Å². The second-order valence-electron chi connectivity index (χ2n) is 3.72. The highest BCUT2D eigenvalue weighted by atomic mass is 35.5. The molecule has 5 heteroatoms. The fourth-order valence-electron chi connectivity index (χ4n) is 1.70. The summed E-state index contributed by atoms with van der Waals surface area (Å²) >= 11 is 5.77. The van der Waals surface area contributed by atoms with E-state index in [1.165, 1.54) is 6.20 Å². The second kappa shape index (κ2) is 4.77. The first kappa shape index (κ1) is 10.6. The zero-order valence-corrected chi connectivity index (χ0v) is 9.44. The van der Waals surface area contributed by atoms with Crippen LogP contribution in [0.5, 0.6) is 0 Å². The Morgan fingerprint density at radius 3 is 3.13 bits per heavy atom. The van der Waals surface area contributed by atoms with Crippen LogP contribution in [0.2, 0.25) is 5.15 Å². The molecular formula is C10H14ClN3O. The zero-order chi connectivity index (χ0) is 10.7. The number of anilines is 1. The van der Waals surface area contributed by atoms with Crippen LogP contribution in [0.3, 0.4) is 0 Å². The second-order valence-corrected chi connectivity index (χ2v) is 4.10. The van der Waals surface area contributed by atoms with Gasteiger partial charge in [-0.3, -0.25) is 4.98 Å². The number of hydrogen-bond acceptors (Lipinski definition) is 4. The van der Waals surface area contributed by atoms with E-state index in [9.17, 15) is 0 Å². The van der Waals surface area contributed by atoms with E-state index in [2.05, 4.69) is 9.97 Å². The van der Waals surface area contributed by atoms with Crippen molar-refractivity contribution in [2.75, 3.05) is 25.1 Å². The number of hydrogen-bond donors (Lipinski definition) is 0. The third-order valence-corrected chi connectivity index (χ3v) is 2.67. The maximum atomic E-state index is 5.77. The van der Waals surface area contributed by atoms with Gasteiger partial charge < -0.3 is 9.64 Å². The maximum Gasteiger partial charge on any atom is 0.149 e. The first-order chi connectivity index (χ1) is 7.25. The Balaban J connectivity index is 1.97. The lowest BCUT2D eigenvalue weighted by molar-refractivity contribution is 0.116. The summed E-state index contributed by atoms with van der Waals surface area (Å²) in [6.07, 6.45) is 5.83. The van der Waals surface area contributed by atoms with E-state index in [-0.39, 0.29) is 0 Å². The molecule has 1 aliphatic rings. The summed E-state index contributed by atoms with van der Waals surface area (Å²) in [6.45, 7) is 1.72. The Morgan fingerprint density at radius 1 is 1.60 bits per heavy atom. The van der Waals surface area contributed by atoms with Crippen molar-refractivity contribution in [1.29, 1.82) is 0 Å². The molecule has 2 heterocycles. The molecule has 15 heavy (non-hydrogen) atoms. The predicted octanol–water partition coefficient (Wildman–Crippen LogP) is 1.75. The van der Waals surface area contributed by atoms with Crippen LogP contribution in [0.25, 0.3) is 0 Å². The molecule has 1 fully saturated rings. The first-order valence-corrected chi connectivity index (χ1v) is 5.44. The molecule has 4 nitrogen and oxygen atoms in total. The van der Waals surface area contributed by atoms with Crippen molar-refractivity contribution in [2.45, 2.75) is 18.9 Å². The summed E-state index contributed by atoms with van der Waals surface area (Å²) in [4.78, 5) is 10.2. The minimum Gasteiger partial charge on any atom is -0.376 e. The quantitative estimate of drug-likeness (QED) is 0.789. The van der Waals surface area contributed by atoms with Gasteiger partial charge in [0, 0.05) is 20.2 Å². The number of nitrogens with zero attached hydrogens (tertiary/aromatic N) is 3. The van der Waals surface area contributed by atoms with Crippen LogP contribution < -0.4 is 4.90 Å². The highest BCUT2D eigenvalue weighted by Crippen LogP contribution is 2.16. The van der Waals surface area contributed by atoms with Gasteiger partial charge in [-0.2, -0.15) is 0 Å². The molecule has 1 atom stereocenters. The van der Waals surface area contributed by atoms with Gasteiger partial charge in [0.05, 0.1) is 18.5 Å². The fraction of sp³-hybridized carbons (Fsp3) is 0.600. The summed E-state index contributed by atoms with van der Waals surface area (Å²) in [6, 6.07) is 0. The molecule has 0 saturated carbocycles. The summed E-state index contributed by atoms with van der Waals surface area (Å²) in [5.74, 6) is 0.790. The topological polar surface area (TPSA) is 38.2 Å². The molecular weight excluding hydrogens is 214 g/mol. The smallest absolute Gasteiger partial charge is 0.149 e. The number of ether oxygens (including phenoxy) is 1. The Kier molecular flexibility index (Phi) is 3.38. The highest BCUT2D eigenvalue weighted by molar-refractivity contribution is 6.29. The monoisotopic (exact) mass is 227 g/mol. The molecule has 0 bridgehead atoms. The molecule has 0 radical (unpaired) electrons. The van der Waals surface area contributed by atoms with Gasteiger partial charge in [-0.05, 0) is 12.8 Å². The van der Waals surface area contributed by atoms with Crippen LogP contribution in [0, 0.1) is 0 Å². The number of aromatic nitrogens is 2. The molecule has 1 saturated heterocycles. The maximum absolute atomic E-state index is 5.77. The Bertz CT molecular complexity index is 328. The van der Waals surface area contributed by atoms with Crippen molar-refractivity contribution in [3.63, 3.8) is 0 Å². The van der Waals surface area contributed by atoms with Crippen molar-refractivity contribution >= 4 is 17.4 Å². The van der Waals surface area contributed by atoms with Gasteiger partial charge in [0.25, 0.3) is 0 Å². The van der Waals surface area contributed by atoms with Crippen LogP contribution >= 0.6 is 11.6 Å². The van der Waals surface area contributed by atoms with E-state index in [1.807, 2.05) is 11.9 Å². The van der Waals surface area contributed by atoms with Crippen molar-refractivity contribution in [2.24, 2.45) is 0 Å². The Labute approximate surface area is 94.2 Å². The zero-order valence-electron chi connectivity index (χ0n) is 8.69. The van der Waals surface area contributed by atoms with Crippen molar-refractivity contribution in [3.05, 3.63) is 17.5 Å². The molecule has 0 aliphatic carbocycles. The molecule has 0 amide bonds. The SMILES string of the molecule is CN(CC1CCCO1)c1cncc(Cl)n1. The Hall–Kier alpha value is -0.870. The molecule has 1 unspecified atom stereocenters. The predicted molar refractivity (Wildman–Crippen MR) is 59.3 cm³/mol. The molecule has 0 N–H and O–H groups in total. The lowest BCUT2D eigenvalue weighted by atomic mass is 10.2. The van der Waals surface area contributed by atoms with Crippen LogP contribution in [0.4, 0.5) is 5.82 Å². The van der Waals surface area contributed by atoms with E-state index in [0.29, 0.717) is 11.3 Å². The van der Waals surface area contributed by atoms with E-state index in [1.54, 1.807) is 6.20 Å². The van der Waals surface area contributed by atoms with E-state index >= 15 is 0 Å². The van der Waals surface area contributed by atoms with E-state index in [0.717, 1.165) is 31.8 Å². The summed E-state index contributed by atoms with van der Waals surface area (Å²) in [5.41, 5.74) is 0. The molecule has 0 aromatic carbocycles. The third kappa shape index (κ3) is 2.79. The van der Waals surface area contributed by atoms with Gasteiger partial charge in [-0.25, -0.2) is 4.98 Å². The van der Waals surface area contributed by atoms with Crippen molar-refractivity contribution in [3.8, 4) is 0 Å². The molecule has 2 rings (SSSR count). The number of halogens is 1. The van der Waals surface area contributed by atoms with E-state index < -0.39 is 0 Å². The van der Waals surface area contributed by atoms with Crippen molar-refractivity contribution in [1.82, 2.24) is 9.97 Å². The Morgan fingerprint density at radius 2 is 2.47 bits per heavy atom. The average Bonchev–Trinajstić information content (AvgIpc) is 2.70. The lowest BCUT2D eigenvalue weighted by Crippen LogP contribution is -2.29. The van der Waals surface area contributed by atoms with E-state index in [4.69, 9.17) is 16.3 Å². The fourth-order valence-corrected chi connectivity index (χ4v) is 1.85. The number of rotatable bonds is 3. The molecule has 82 valence electrons. The molecule has 1 aromatic rings. The van der Waals surface area contributed by atoms with Gasteiger partial charge in [0.1, 0.15) is 11.0 Å². The number of likely N-dealkylation sites (N-methyl/N-ethyl adjacent to an activating group) is 1. The van der Waals surface area contributed by atoms with Crippen LogP contribution in [0.15, 0.2) is 12.4 Å². The van der Waals surface area contributed by atoms with Crippen LogP contribution in [-0.4, -0.2) is 36.3 Å². The summed E-state index contributed by atoms with van der Waals surface area (Å²) < 4.78 is 5.55. The standard InChI is InChI=1S/C10H14ClN3O/c1-14(7-8-3-2-4-15-8)10-6-12-5-9(11)13-10/h5-6,8H,2-4,7H2,1H3. The minimum absolute atomic E-state index is 0.316. The van der Waals surface area contributed by atoms with Gasteiger partial charge >= 0.3 is 0 Å². The highest BCUT2D eigenvalue weighted by Gasteiger charge is 2.18. The third-order valence-electron chi connectivity index (χ3n) is 2.49.